The SMILES string of the molecule is C[C@@H]1COc2c(ccc3[nH]c(=O)cc(Cl)c23)N1C[C@@H](O)C(F)(F)F. The highest BCUT2D eigenvalue weighted by Crippen LogP contribution is 2.42. The Labute approximate surface area is 139 Å². The van der Waals surface area contributed by atoms with Crippen molar-refractivity contribution in [1.29, 1.82) is 0 Å². The van der Waals surface area contributed by atoms with E-state index >= 15 is 0 Å². The Hall–Kier alpha value is -1.93. The van der Waals surface area contributed by atoms with E-state index in [1.54, 1.807) is 19.1 Å². The number of anilines is 1. The van der Waals surface area contributed by atoms with E-state index in [4.69, 9.17) is 16.3 Å². The molecule has 0 bridgehead atoms. The van der Waals surface area contributed by atoms with Crippen LogP contribution in [0.4, 0.5) is 18.9 Å². The molecule has 2 atom stereocenters. The predicted molar refractivity (Wildman–Crippen MR) is 83.9 cm³/mol. The summed E-state index contributed by atoms with van der Waals surface area (Å²) >= 11 is 6.11. The summed E-state index contributed by atoms with van der Waals surface area (Å²) in [6, 6.07) is 3.91. The van der Waals surface area contributed by atoms with Crippen LogP contribution in [-0.2, 0) is 0 Å². The number of hydrogen-bond acceptors (Lipinski definition) is 4. The number of hydrogen-bond donors (Lipinski definition) is 2. The van der Waals surface area contributed by atoms with Crippen LogP contribution in [0, 0.1) is 0 Å². The van der Waals surface area contributed by atoms with Gasteiger partial charge in [-0.05, 0) is 19.1 Å². The van der Waals surface area contributed by atoms with Crippen molar-refractivity contribution >= 4 is 28.2 Å². The van der Waals surface area contributed by atoms with Crippen molar-refractivity contribution in [2.24, 2.45) is 0 Å². The third kappa shape index (κ3) is 2.91. The molecule has 0 fully saturated rings. The number of ether oxygens (including phenoxy) is 1. The van der Waals surface area contributed by atoms with Crippen molar-refractivity contribution in [3.8, 4) is 5.75 Å². The zero-order valence-electron chi connectivity index (χ0n) is 12.5. The molecular weight excluding hydrogens is 349 g/mol. The molecule has 1 aromatic carbocycles. The van der Waals surface area contributed by atoms with Crippen LogP contribution in [-0.4, -0.2) is 41.6 Å². The number of rotatable bonds is 2. The number of nitrogens with one attached hydrogen (secondary N) is 1. The Balaban J connectivity index is 2.11. The van der Waals surface area contributed by atoms with E-state index in [0.717, 1.165) is 0 Å². The smallest absolute Gasteiger partial charge is 0.416 e. The van der Waals surface area contributed by atoms with Gasteiger partial charge in [-0.25, -0.2) is 0 Å². The molecule has 2 aromatic rings. The van der Waals surface area contributed by atoms with Gasteiger partial charge < -0.3 is 19.7 Å². The lowest BCUT2D eigenvalue weighted by atomic mass is 10.1. The molecule has 0 amide bonds. The molecule has 9 heteroatoms. The molecule has 130 valence electrons. The van der Waals surface area contributed by atoms with E-state index in [1.807, 2.05) is 0 Å². The average Bonchev–Trinajstić information content (AvgIpc) is 2.47. The van der Waals surface area contributed by atoms with Gasteiger partial charge in [0.1, 0.15) is 6.61 Å². The largest absolute Gasteiger partial charge is 0.489 e. The highest BCUT2D eigenvalue weighted by Gasteiger charge is 2.41. The van der Waals surface area contributed by atoms with Gasteiger partial charge in [0, 0.05) is 6.07 Å². The quantitative estimate of drug-likeness (QED) is 0.862. The van der Waals surface area contributed by atoms with Crippen LogP contribution in [0.25, 0.3) is 10.9 Å². The maximum atomic E-state index is 12.7. The topological polar surface area (TPSA) is 65.6 Å². The maximum Gasteiger partial charge on any atom is 0.416 e. The molecule has 1 aliphatic rings. The Morgan fingerprint density at radius 1 is 1.50 bits per heavy atom. The van der Waals surface area contributed by atoms with Crippen LogP contribution < -0.4 is 15.2 Å². The second kappa shape index (κ2) is 5.86. The maximum absolute atomic E-state index is 12.7. The van der Waals surface area contributed by atoms with E-state index in [0.29, 0.717) is 22.3 Å². The molecule has 0 unspecified atom stereocenters. The van der Waals surface area contributed by atoms with E-state index in [-0.39, 0.29) is 23.2 Å². The third-order valence-electron chi connectivity index (χ3n) is 3.95. The van der Waals surface area contributed by atoms with Crippen molar-refractivity contribution in [2.75, 3.05) is 18.1 Å². The molecule has 1 aliphatic heterocycles. The summed E-state index contributed by atoms with van der Waals surface area (Å²) in [5.74, 6) is 0.293. The minimum absolute atomic E-state index is 0.131. The van der Waals surface area contributed by atoms with Crippen LogP contribution in [0.3, 0.4) is 0 Å². The minimum atomic E-state index is -4.71. The number of fused-ring (bicyclic) bond motifs is 3. The first-order chi connectivity index (χ1) is 11.2. The number of aromatic amines is 1. The predicted octanol–water partition coefficient (Wildman–Crippen LogP) is 2.69. The molecule has 24 heavy (non-hydrogen) atoms. The van der Waals surface area contributed by atoms with E-state index in [1.165, 1.54) is 11.0 Å². The number of nitrogens with zero attached hydrogens (tertiary/aromatic N) is 1. The fourth-order valence-electron chi connectivity index (χ4n) is 2.74. The lowest BCUT2D eigenvalue weighted by Crippen LogP contribution is -2.48. The summed E-state index contributed by atoms with van der Waals surface area (Å²) in [5.41, 5.74) is 0.427. The third-order valence-corrected chi connectivity index (χ3v) is 4.25. The number of alkyl halides is 3. The highest BCUT2D eigenvalue weighted by atomic mass is 35.5. The van der Waals surface area contributed by atoms with E-state index in [2.05, 4.69) is 4.98 Å². The number of β-amino-alcohol motifs (C(OH)–C–C–N with tert-alkyl or cyclic N) is 1. The van der Waals surface area contributed by atoms with Gasteiger partial charge >= 0.3 is 6.18 Å². The second-order valence-electron chi connectivity index (χ2n) is 5.69. The van der Waals surface area contributed by atoms with Crippen molar-refractivity contribution in [2.45, 2.75) is 25.2 Å². The Kier molecular flexibility index (Phi) is 4.13. The molecule has 2 N–H and O–H groups in total. The molecule has 0 saturated heterocycles. The van der Waals surface area contributed by atoms with Gasteiger partial charge in [-0.2, -0.15) is 13.2 Å². The lowest BCUT2D eigenvalue weighted by Gasteiger charge is -2.38. The van der Waals surface area contributed by atoms with Crippen molar-refractivity contribution in [1.82, 2.24) is 4.98 Å². The molecule has 5 nitrogen and oxygen atoms in total. The zero-order chi connectivity index (χ0) is 17.6. The first kappa shape index (κ1) is 16.9. The second-order valence-corrected chi connectivity index (χ2v) is 6.09. The normalized spacial score (nSPS) is 19.1. The zero-order valence-corrected chi connectivity index (χ0v) is 13.3. The molecule has 1 aromatic heterocycles. The summed E-state index contributed by atoms with van der Waals surface area (Å²) in [6.45, 7) is 1.21. The molecule has 0 radical (unpaired) electrons. The van der Waals surface area contributed by atoms with Gasteiger partial charge in [0.2, 0.25) is 5.56 Å². The molecule has 3 rings (SSSR count). The van der Waals surface area contributed by atoms with Crippen LogP contribution in [0.1, 0.15) is 6.92 Å². The van der Waals surface area contributed by atoms with E-state index < -0.39 is 18.8 Å². The summed E-state index contributed by atoms with van der Waals surface area (Å²) in [4.78, 5) is 15.5. The molecular formula is C15H14ClF3N2O3. The molecule has 0 spiro atoms. The first-order valence-corrected chi connectivity index (χ1v) is 7.56. The number of benzene rings is 1. The minimum Gasteiger partial charge on any atom is -0.489 e. The van der Waals surface area contributed by atoms with Crippen LogP contribution in [0.5, 0.6) is 5.75 Å². The molecule has 0 aliphatic carbocycles. The fraction of sp³-hybridized carbons (Fsp3) is 0.400. The number of aliphatic hydroxyl groups is 1. The average molecular weight is 363 g/mol. The Morgan fingerprint density at radius 3 is 2.88 bits per heavy atom. The fourth-order valence-corrected chi connectivity index (χ4v) is 3.03. The number of aromatic nitrogens is 1. The van der Waals surface area contributed by atoms with Crippen molar-refractivity contribution < 1.29 is 23.0 Å². The standard InChI is InChI=1S/C15H14ClF3N2O3/c1-7-6-24-14-10(21(7)5-11(22)15(17,18)19)3-2-9-13(14)8(16)4-12(23)20-9/h2-4,7,11,22H,5-6H2,1H3,(H,20,23)/t7-,11-/m1/s1. The van der Waals surface area contributed by atoms with Crippen molar-refractivity contribution in [3.63, 3.8) is 0 Å². The molecule has 0 saturated carbocycles. The summed E-state index contributed by atoms with van der Waals surface area (Å²) in [7, 11) is 0. The Bertz CT molecular complexity index is 837. The summed E-state index contributed by atoms with van der Waals surface area (Å²) in [6.07, 6.45) is -7.19. The molecule has 2 heterocycles. The highest BCUT2D eigenvalue weighted by molar-refractivity contribution is 6.36. The monoisotopic (exact) mass is 362 g/mol. The van der Waals surface area contributed by atoms with Gasteiger partial charge in [-0.1, -0.05) is 11.6 Å². The summed E-state index contributed by atoms with van der Waals surface area (Å²) < 4.78 is 43.8. The van der Waals surface area contributed by atoms with Crippen LogP contribution in [0.15, 0.2) is 23.0 Å². The number of H-pyrrole nitrogens is 1. The lowest BCUT2D eigenvalue weighted by molar-refractivity contribution is -0.200. The number of pyridine rings is 1. The number of halogens is 4. The van der Waals surface area contributed by atoms with Gasteiger partial charge in [-0.15, -0.1) is 0 Å². The van der Waals surface area contributed by atoms with Gasteiger partial charge in [0.15, 0.2) is 11.9 Å². The van der Waals surface area contributed by atoms with Crippen LogP contribution >= 0.6 is 11.6 Å². The van der Waals surface area contributed by atoms with Crippen LogP contribution in [0.2, 0.25) is 5.02 Å². The van der Waals surface area contributed by atoms with E-state index in [9.17, 15) is 23.1 Å². The number of aliphatic hydroxyl groups excluding tert-OH is 1. The van der Waals surface area contributed by atoms with Gasteiger partial charge in [-0.3, -0.25) is 4.79 Å². The van der Waals surface area contributed by atoms with Gasteiger partial charge in [0.05, 0.1) is 34.2 Å². The summed E-state index contributed by atoms with van der Waals surface area (Å²) in [5, 5.41) is 9.98. The Morgan fingerprint density at radius 2 is 2.21 bits per heavy atom. The van der Waals surface area contributed by atoms with Gasteiger partial charge in [0.25, 0.3) is 0 Å². The van der Waals surface area contributed by atoms with Crippen molar-refractivity contribution in [3.05, 3.63) is 33.6 Å². The first-order valence-electron chi connectivity index (χ1n) is 7.18.